The van der Waals surface area contributed by atoms with Crippen molar-refractivity contribution in [1.82, 2.24) is 0 Å². The van der Waals surface area contributed by atoms with Crippen LogP contribution in [0.15, 0.2) is 146 Å². The molecule has 0 aliphatic carbocycles. The van der Waals surface area contributed by atoms with Gasteiger partial charge >= 0.3 is 0 Å². The summed E-state index contributed by atoms with van der Waals surface area (Å²) in [6.07, 6.45) is 0. The van der Waals surface area contributed by atoms with Gasteiger partial charge in [0.05, 0.1) is 0 Å². The second-order valence-corrected chi connectivity index (χ2v) is 11.7. The van der Waals surface area contributed by atoms with Crippen LogP contribution >= 0.6 is 0 Å². The molecule has 9 aromatic rings. The number of hydrogen-bond acceptors (Lipinski definition) is 1. The van der Waals surface area contributed by atoms with Gasteiger partial charge in [-0.15, -0.1) is 0 Å². The topological polar surface area (TPSA) is 9.23 Å². The van der Waals surface area contributed by atoms with Crippen LogP contribution in [0.25, 0.3) is 87.2 Å². The highest BCUT2D eigenvalue weighted by Crippen LogP contribution is 2.48. The molecule has 43 heavy (non-hydrogen) atoms. The van der Waals surface area contributed by atoms with Crippen molar-refractivity contribution in [3.63, 3.8) is 0 Å². The molecule has 0 saturated carbocycles. The lowest BCUT2D eigenvalue weighted by Crippen LogP contribution is -1.97. The minimum atomic E-state index is 0.918. The van der Waals surface area contributed by atoms with Gasteiger partial charge in [-0.3, -0.25) is 0 Å². The van der Waals surface area contributed by atoms with Crippen molar-refractivity contribution in [2.45, 2.75) is 0 Å². The molecule has 0 atom stereocenters. The minimum Gasteiger partial charge on any atom is -0.456 e. The first-order chi connectivity index (χ1) is 21.3. The van der Waals surface area contributed by atoms with Gasteiger partial charge in [-0.1, -0.05) is 121 Å². The van der Waals surface area contributed by atoms with E-state index in [2.05, 4.69) is 133 Å². The van der Waals surface area contributed by atoms with Gasteiger partial charge in [0.25, 0.3) is 0 Å². The van der Waals surface area contributed by atoms with Crippen LogP contribution in [0.1, 0.15) is 0 Å². The van der Waals surface area contributed by atoms with E-state index in [1.54, 1.807) is 0 Å². The molecule has 1 heteroatoms. The first-order valence-corrected chi connectivity index (χ1v) is 14.8. The first kappa shape index (κ1) is 23.0. The number of para-hydroxylation sites is 1. The molecule has 0 fully saturated rings. The number of rotatable bonds is 2. The SMILES string of the molecule is c1ccc2c(c1)Oc1ccc(-c3ccc4cc(-c5ccc6ccc7cccc8ccc5c6c78)ccc4c3)c3cccc-2c13. The van der Waals surface area contributed by atoms with Crippen molar-refractivity contribution in [2.75, 3.05) is 0 Å². The van der Waals surface area contributed by atoms with Crippen LogP contribution in [0.2, 0.25) is 0 Å². The van der Waals surface area contributed by atoms with Gasteiger partial charge in [0.15, 0.2) is 0 Å². The summed E-state index contributed by atoms with van der Waals surface area (Å²) in [6.45, 7) is 0. The zero-order valence-electron chi connectivity index (χ0n) is 23.3. The third-order valence-corrected chi connectivity index (χ3v) is 9.39. The smallest absolute Gasteiger partial charge is 0.135 e. The van der Waals surface area contributed by atoms with Crippen molar-refractivity contribution < 1.29 is 4.74 Å². The molecule has 1 aliphatic heterocycles. The lowest BCUT2D eigenvalue weighted by molar-refractivity contribution is 0.487. The highest BCUT2D eigenvalue weighted by molar-refractivity contribution is 6.25. The Balaban J connectivity index is 1.12. The predicted molar refractivity (Wildman–Crippen MR) is 182 cm³/mol. The van der Waals surface area contributed by atoms with Gasteiger partial charge in [0, 0.05) is 10.9 Å². The van der Waals surface area contributed by atoms with Crippen molar-refractivity contribution in [3.8, 4) is 44.9 Å². The van der Waals surface area contributed by atoms with Crippen LogP contribution in [0.3, 0.4) is 0 Å². The van der Waals surface area contributed by atoms with E-state index >= 15 is 0 Å². The predicted octanol–water partition coefficient (Wildman–Crippen LogP) is 12.0. The second kappa shape index (κ2) is 8.44. The van der Waals surface area contributed by atoms with E-state index < -0.39 is 0 Å². The summed E-state index contributed by atoms with van der Waals surface area (Å²) >= 11 is 0. The van der Waals surface area contributed by atoms with E-state index in [4.69, 9.17) is 4.74 Å². The van der Waals surface area contributed by atoms with Gasteiger partial charge < -0.3 is 4.74 Å². The maximum atomic E-state index is 6.33. The Morgan fingerprint density at radius 1 is 0.302 bits per heavy atom. The molecule has 0 saturated heterocycles. The quantitative estimate of drug-likeness (QED) is 0.197. The van der Waals surface area contributed by atoms with E-state index in [1.165, 1.54) is 81.7 Å². The number of ether oxygens (including phenoxy) is 1. The Hall–Kier alpha value is -5.66. The van der Waals surface area contributed by atoms with Crippen LogP contribution < -0.4 is 4.74 Å². The van der Waals surface area contributed by atoms with Gasteiger partial charge in [-0.25, -0.2) is 0 Å². The van der Waals surface area contributed by atoms with Crippen molar-refractivity contribution >= 4 is 53.9 Å². The molecule has 0 spiro atoms. The molecule has 9 aromatic carbocycles. The van der Waals surface area contributed by atoms with Crippen molar-refractivity contribution in [2.24, 2.45) is 0 Å². The van der Waals surface area contributed by atoms with Crippen molar-refractivity contribution in [3.05, 3.63) is 146 Å². The lowest BCUT2D eigenvalue weighted by atomic mass is 9.88. The summed E-state index contributed by atoms with van der Waals surface area (Å²) in [6, 6.07) is 53.2. The third-order valence-electron chi connectivity index (χ3n) is 9.39. The van der Waals surface area contributed by atoms with E-state index in [9.17, 15) is 0 Å². The molecular formula is C42H24O. The summed E-state index contributed by atoms with van der Waals surface area (Å²) in [5, 5.41) is 12.8. The summed E-state index contributed by atoms with van der Waals surface area (Å²) in [5.74, 6) is 1.84. The highest BCUT2D eigenvalue weighted by atomic mass is 16.5. The summed E-state index contributed by atoms with van der Waals surface area (Å²) in [4.78, 5) is 0. The van der Waals surface area contributed by atoms with Gasteiger partial charge in [0.1, 0.15) is 11.5 Å². The summed E-state index contributed by atoms with van der Waals surface area (Å²) in [5.41, 5.74) is 7.34. The van der Waals surface area contributed by atoms with Gasteiger partial charge in [0.2, 0.25) is 0 Å². The molecule has 198 valence electrons. The Morgan fingerprint density at radius 2 is 0.884 bits per heavy atom. The van der Waals surface area contributed by atoms with Crippen LogP contribution in [0, 0.1) is 0 Å². The third kappa shape index (κ3) is 3.22. The van der Waals surface area contributed by atoms with E-state index in [-0.39, 0.29) is 0 Å². The largest absolute Gasteiger partial charge is 0.456 e. The van der Waals surface area contributed by atoms with Gasteiger partial charge in [-0.2, -0.15) is 0 Å². The zero-order valence-corrected chi connectivity index (χ0v) is 23.3. The fourth-order valence-corrected chi connectivity index (χ4v) is 7.40. The van der Waals surface area contributed by atoms with E-state index in [1.807, 2.05) is 12.1 Å². The van der Waals surface area contributed by atoms with Crippen LogP contribution in [-0.4, -0.2) is 0 Å². The summed E-state index contributed by atoms with van der Waals surface area (Å²) in [7, 11) is 0. The average molecular weight is 545 g/mol. The second-order valence-electron chi connectivity index (χ2n) is 11.7. The number of benzene rings is 9. The first-order valence-electron chi connectivity index (χ1n) is 14.8. The fourth-order valence-electron chi connectivity index (χ4n) is 7.40. The van der Waals surface area contributed by atoms with E-state index in [0.717, 1.165) is 17.1 Å². The lowest BCUT2D eigenvalue weighted by Gasteiger charge is -2.22. The molecule has 10 rings (SSSR count). The number of fused-ring (bicyclic) bond motifs is 3. The number of hydrogen-bond donors (Lipinski definition) is 0. The minimum absolute atomic E-state index is 0.918. The zero-order chi connectivity index (χ0) is 28.1. The maximum absolute atomic E-state index is 6.33. The maximum Gasteiger partial charge on any atom is 0.135 e. The molecule has 1 nitrogen and oxygen atoms in total. The molecular weight excluding hydrogens is 520 g/mol. The summed E-state index contributed by atoms with van der Waals surface area (Å²) < 4.78 is 6.33. The standard InChI is InChI=1S/C42H24O/c1-2-10-38-34(7-1)36-9-4-8-35-33(21-22-39(43-38)42(35)36)31-16-14-28-23-30(15-13-29(28)24-31)32-19-17-27-12-11-25-5-3-6-26-18-20-37(32)41(27)40(25)26/h1-24H. The Morgan fingerprint density at radius 3 is 1.67 bits per heavy atom. The Bertz CT molecular complexity index is 2570. The monoisotopic (exact) mass is 544 g/mol. The van der Waals surface area contributed by atoms with Crippen LogP contribution in [-0.2, 0) is 0 Å². The van der Waals surface area contributed by atoms with E-state index in [0.29, 0.717) is 0 Å². The van der Waals surface area contributed by atoms with Crippen LogP contribution in [0.5, 0.6) is 11.5 Å². The molecule has 0 bridgehead atoms. The molecule has 1 aliphatic rings. The van der Waals surface area contributed by atoms with Gasteiger partial charge in [-0.05, 0) is 101 Å². The normalized spacial score (nSPS) is 12.4. The Kier molecular flexibility index (Phi) is 4.51. The average Bonchev–Trinajstić information content (AvgIpc) is 3.07. The van der Waals surface area contributed by atoms with Crippen LogP contribution in [0.4, 0.5) is 0 Å². The molecule has 0 unspecified atom stereocenters. The Labute approximate surface area is 248 Å². The molecule has 0 N–H and O–H groups in total. The molecule has 0 aromatic heterocycles. The molecule has 0 amide bonds. The highest BCUT2D eigenvalue weighted by Gasteiger charge is 2.21. The molecule has 1 heterocycles. The fraction of sp³-hybridized carbons (Fsp3) is 0. The molecule has 0 radical (unpaired) electrons. The van der Waals surface area contributed by atoms with Crippen molar-refractivity contribution in [1.29, 1.82) is 0 Å².